The number of H-pyrrole nitrogens is 1. The van der Waals surface area contributed by atoms with Gasteiger partial charge in [0.15, 0.2) is 0 Å². The molecular formula is C12H13FN2. The fourth-order valence-corrected chi connectivity index (χ4v) is 1.49. The van der Waals surface area contributed by atoms with Gasteiger partial charge in [-0.3, -0.25) is 0 Å². The van der Waals surface area contributed by atoms with Gasteiger partial charge in [-0.1, -0.05) is 0 Å². The van der Waals surface area contributed by atoms with Crippen LogP contribution >= 0.6 is 0 Å². The number of rotatable bonds is 3. The van der Waals surface area contributed by atoms with E-state index in [1.54, 1.807) is 6.07 Å². The van der Waals surface area contributed by atoms with Crippen LogP contribution in [0.25, 0.3) is 0 Å². The molecule has 15 heavy (non-hydrogen) atoms. The van der Waals surface area contributed by atoms with E-state index >= 15 is 0 Å². The van der Waals surface area contributed by atoms with Crippen molar-refractivity contribution in [3.05, 3.63) is 53.6 Å². The van der Waals surface area contributed by atoms with Crippen LogP contribution in [0.3, 0.4) is 0 Å². The lowest BCUT2D eigenvalue weighted by atomic mass is 10.2. The van der Waals surface area contributed by atoms with Crippen LogP contribution in [0.1, 0.15) is 11.3 Å². The molecule has 0 aliphatic rings. The average Bonchev–Trinajstić information content (AvgIpc) is 2.69. The number of nitrogens with one attached hydrogen (secondary N) is 2. The van der Waals surface area contributed by atoms with Crippen molar-refractivity contribution in [2.24, 2.45) is 0 Å². The second-order valence-electron chi connectivity index (χ2n) is 3.51. The van der Waals surface area contributed by atoms with E-state index in [-0.39, 0.29) is 5.82 Å². The summed E-state index contributed by atoms with van der Waals surface area (Å²) in [5.74, 6) is -0.196. The predicted octanol–water partition coefficient (Wildman–Crippen LogP) is 3.07. The molecular weight excluding hydrogens is 191 g/mol. The van der Waals surface area contributed by atoms with Crippen LogP contribution in [-0.4, -0.2) is 4.98 Å². The largest absolute Gasteiger partial charge is 0.379 e. The summed E-state index contributed by atoms with van der Waals surface area (Å²) >= 11 is 0. The van der Waals surface area contributed by atoms with Crippen molar-refractivity contribution in [3.63, 3.8) is 0 Å². The number of hydrogen-bond donors (Lipinski definition) is 2. The topological polar surface area (TPSA) is 27.8 Å². The SMILES string of the molecule is Cc1cc(F)ccc1NCc1ccc[nH]1. The van der Waals surface area contributed by atoms with Crippen molar-refractivity contribution < 1.29 is 4.39 Å². The van der Waals surface area contributed by atoms with Crippen molar-refractivity contribution in [3.8, 4) is 0 Å². The lowest BCUT2D eigenvalue weighted by molar-refractivity contribution is 0.627. The number of aryl methyl sites for hydroxylation is 1. The number of anilines is 1. The Morgan fingerprint density at radius 2 is 2.20 bits per heavy atom. The summed E-state index contributed by atoms with van der Waals surface area (Å²) in [6.07, 6.45) is 1.88. The van der Waals surface area contributed by atoms with Crippen LogP contribution in [0, 0.1) is 12.7 Å². The van der Waals surface area contributed by atoms with Gasteiger partial charge in [0.05, 0.1) is 6.54 Å². The minimum Gasteiger partial charge on any atom is -0.379 e. The molecule has 0 spiro atoms. The van der Waals surface area contributed by atoms with Gasteiger partial charge in [-0.25, -0.2) is 4.39 Å². The Hall–Kier alpha value is -1.77. The van der Waals surface area contributed by atoms with Crippen LogP contribution in [0.5, 0.6) is 0 Å². The molecule has 2 nitrogen and oxygen atoms in total. The molecule has 0 unspecified atom stereocenters. The van der Waals surface area contributed by atoms with E-state index in [1.165, 1.54) is 12.1 Å². The maximum Gasteiger partial charge on any atom is 0.123 e. The molecule has 1 aromatic heterocycles. The van der Waals surface area contributed by atoms with E-state index in [2.05, 4.69) is 10.3 Å². The van der Waals surface area contributed by atoms with Gasteiger partial charge in [0, 0.05) is 17.6 Å². The lowest BCUT2D eigenvalue weighted by Gasteiger charge is -2.08. The molecule has 2 N–H and O–H groups in total. The predicted molar refractivity (Wildman–Crippen MR) is 59.3 cm³/mol. The van der Waals surface area contributed by atoms with E-state index in [0.29, 0.717) is 0 Å². The monoisotopic (exact) mass is 204 g/mol. The Kier molecular flexibility index (Phi) is 2.72. The number of aromatic nitrogens is 1. The lowest BCUT2D eigenvalue weighted by Crippen LogP contribution is -2.01. The first kappa shape index (κ1) is 9.77. The van der Waals surface area contributed by atoms with Crippen molar-refractivity contribution >= 4 is 5.69 Å². The highest BCUT2D eigenvalue weighted by Gasteiger charge is 1.99. The summed E-state index contributed by atoms with van der Waals surface area (Å²) in [5, 5.41) is 3.24. The zero-order valence-corrected chi connectivity index (χ0v) is 8.55. The molecule has 78 valence electrons. The van der Waals surface area contributed by atoms with E-state index in [9.17, 15) is 4.39 Å². The molecule has 2 aromatic rings. The van der Waals surface area contributed by atoms with Crippen LogP contribution in [0.4, 0.5) is 10.1 Å². The molecule has 3 heteroatoms. The van der Waals surface area contributed by atoms with Crippen LogP contribution < -0.4 is 5.32 Å². The molecule has 2 rings (SSSR count). The fourth-order valence-electron chi connectivity index (χ4n) is 1.49. The Balaban J connectivity index is 2.05. The first-order chi connectivity index (χ1) is 7.25. The van der Waals surface area contributed by atoms with E-state index in [0.717, 1.165) is 23.5 Å². The Bertz CT molecular complexity index is 435. The molecule has 0 aliphatic heterocycles. The maximum absolute atomic E-state index is 12.8. The number of benzene rings is 1. The van der Waals surface area contributed by atoms with Crippen LogP contribution in [-0.2, 0) is 6.54 Å². The molecule has 0 amide bonds. The van der Waals surface area contributed by atoms with Crippen molar-refractivity contribution in [2.75, 3.05) is 5.32 Å². The molecule has 0 radical (unpaired) electrons. The third-order valence-corrected chi connectivity index (χ3v) is 2.32. The molecule has 0 fully saturated rings. The minimum atomic E-state index is -0.196. The zero-order chi connectivity index (χ0) is 10.7. The third kappa shape index (κ3) is 2.37. The third-order valence-electron chi connectivity index (χ3n) is 2.32. The van der Waals surface area contributed by atoms with Gasteiger partial charge < -0.3 is 10.3 Å². The number of aromatic amines is 1. The van der Waals surface area contributed by atoms with Gasteiger partial charge in [0.25, 0.3) is 0 Å². The molecule has 0 aliphatic carbocycles. The average molecular weight is 204 g/mol. The number of hydrogen-bond acceptors (Lipinski definition) is 1. The normalized spacial score (nSPS) is 10.3. The molecule has 1 aromatic carbocycles. The van der Waals surface area contributed by atoms with Crippen LogP contribution in [0.2, 0.25) is 0 Å². The number of halogens is 1. The summed E-state index contributed by atoms with van der Waals surface area (Å²) in [5.41, 5.74) is 2.99. The Morgan fingerprint density at radius 3 is 2.87 bits per heavy atom. The van der Waals surface area contributed by atoms with Gasteiger partial charge in [-0.05, 0) is 42.8 Å². The van der Waals surface area contributed by atoms with Gasteiger partial charge in [0.1, 0.15) is 5.82 Å². The summed E-state index contributed by atoms with van der Waals surface area (Å²) < 4.78 is 12.8. The second-order valence-corrected chi connectivity index (χ2v) is 3.51. The molecule has 1 heterocycles. The van der Waals surface area contributed by atoms with E-state index in [4.69, 9.17) is 0 Å². The summed E-state index contributed by atoms with van der Waals surface area (Å²) in [7, 11) is 0. The Labute approximate surface area is 88.1 Å². The molecule has 0 saturated carbocycles. The molecule has 0 saturated heterocycles. The van der Waals surface area contributed by atoms with Crippen molar-refractivity contribution in [2.45, 2.75) is 13.5 Å². The van der Waals surface area contributed by atoms with Gasteiger partial charge in [-0.15, -0.1) is 0 Å². The van der Waals surface area contributed by atoms with Crippen LogP contribution in [0.15, 0.2) is 36.5 Å². The minimum absolute atomic E-state index is 0.196. The highest BCUT2D eigenvalue weighted by molar-refractivity contribution is 5.50. The first-order valence-corrected chi connectivity index (χ1v) is 4.88. The van der Waals surface area contributed by atoms with Gasteiger partial charge in [0.2, 0.25) is 0 Å². The van der Waals surface area contributed by atoms with Crippen molar-refractivity contribution in [1.82, 2.24) is 4.98 Å². The van der Waals surface area contributed by atoms with Crippen molar-refractivity contribution in [1.29, 1.82) is 0 Å². The summed E-state index contributed by atoms with van der Waals surface area (Å²) in [6, 6.07) is 8.70. The van der Waals surface area contributed by atoms with E-state index < -0.39 is 0 Å². The Morgan fingerprint density at radius 1 is 1.33 bits per heavy atom. The highest BCUT2D eigenvalue weighted by Crippen LogP contribution is 2.16. The zero-order valence-electron chi connectivity index (χ0n) is 8.55. The van der Waals surface area contributed by atoms with Gasteiger partial charge in [-0.2, -0.15) is 0 Å². The summed E-state index contributed by atoms with van der Waals surface area (Å²) in [6.45, 7) is 2.61. The van der Waals surface area contributed by atoms with E-state index in [1.807, 2.05) is 25.3 Å². The fraction of sp³-hybridized carbons (Fsp3) is 0.167. The standard InChI is InChI=1S/C12H13FN2/c1-9-7-10(13)4-5-12(9)15-8-11-3-2-6-14-11/h2-7,14-15H,8H2,1H3. The smallest absolute Gasteiger partial charge is 0.123 e. The maximum atomic E-state index is 12.8. The molecule has 0 bridgehead atoms. The van der Waals surface area contributed by atoms with Gasteiger partial charge >= 0.3 is 0 Å². The summed E-state index contributed by atoms with van der Waals surface area (Å²) in [4.78, 5) is 3.10. The molecule has 0 atom stereocenters. The quantitative estimate of drug-likeness (QED) is 0.790. The second kappa shape index (κ2) is 4.17. The first-order valence-electron chi connectivity index (χ1n) is 4.88. The highest BCUT2D eigenvalue weighted by atomic mass is 19.1.